The maximum atomic E-state index is 14.3. The highest BCUT2D eigenvalue weighted by Gasteiger charge is 2.39. The summed E-state index contributed by atoms with van der Waals surface area (Å²) in [6.07, 6.45) is -0.113. The van der Waals surface area contributed by atoms with Crippen molar-refractivity contribution in [1.29, 1.82) is 0 Å². The lowest BCUT2D eigenvalue weighted by Gasteiger charge is -2.17. The topological polar surface area (TPSA) is 97.3 Å². The fraction of sp³-hybridized carbons (Fsp3) is 0.214. The molecule has 0 aliphatic carbocycles. The van der Waals surface area contributed by atoms with E-state index in [-0.39, 0.29) is 37.1 Å². The molecule has 1 saturated heterocycles. The Bertz CT molecular complexity index is 1350. The van der Waals surface area contributed by atoms with E-state index < -0.39 is 17.0 Å². The number of thioether (sulfide) groups is 1. The summed E-state index contributed by atoms with van der Waals surface area (Å²) in [5.41, 5.74) is 1.78. The molecular formula is C28H26FN3O5S. The SMILES string of the molecule is CCOC(=O)c1ccc(NC(=O)C[C@H]2SC(=Nc3ccccc3F)N(Cc3ccc(OC)cc3)C2=O)cc1. The van der Waals surface area contributed by atoms with E-state index in [2.05, 4.69) is 10.3 Å². The van der Waals surface area contributed by atoms with Crippen molar-refractivity contribution >= 4 is 46.1 Å². The monoisotopic (exact) mass is 535 g/mol. The summed E-state index contributed by atoms with van der Waals surface area (Å²) >= 11 is 1.12. The van der Waals surface area contributed by atoms with Crippen molar-refractivity contribution in [3.63, 3.8) is 0 Å². The normalized spacial score (nSPS) is 16.0. The number of aliphatic imine (C=N–C) groups is 1. The first-order valence-corrected chi connectivity index (χ1v) is 12.8. The number of nitrogens with zero attached hydrogens (tertiary/aromatic N) is 2. The summed E-state index contributed by atoms with van der Waals surface area (Å²) in [6, 6.07) is 19.6. The van der Waals surface area contributed by atoms with Crippen molar-refractivity contribution in [1.82, 2.24) is 4.90 Å². The summed E-state index contributed by atoms with van der Waals surface area (Å²) in [4.78, 5) is 43.9. The second kappa shape index (κ2) is 12.4. The van der Waals surface area contributed by atoms with Crippen LogP contribution in [0.1, 0.15) is 29.3 Å². The average Bonchev–Trinajstić information content (AvgIpc) is 3.19. The van der Waals surface area contributed by atoms with E-state index in [1.165, 1.54) is 17.0 Å². The minimum Gasteiger partial charge on any atom is -0.497 e. The van der Waals surface area contributed by atoms with Gasteiger partial charge in [-0.15, -0.1) is 0 Å². The van der Waals surface area contributed by atoms with Crippen LogP contribution in [0.25, 0.3) is 0 Å². The van der Waals surface area contributed by atoms with Crippen molar-refractivity contribution in [2.24, 2.45) is 4.99 Å². The van der Waals surface area contributed by atoms with Crippen LogP contribution in [-0.2, 0) is 20.9 Å². The summed E-state index contributed by atoms with van der Waals surface area (Å²) in [7, 11) is 1.57. The van der Waals surface area contributed by atoms with Crippen LogP contribution >= 0.6 is 11.8 Å². The van der Waals surface area contributed by atoms with E-state index in [1.807, 2.05) is 12.1 Å². The maximum absolute atomic E-state index is 14.3. The van der Waals surface area contributed by atoms with Gasteiger partial charge < -0.3 is 14.8 Å². The predicted molar refractivity (Wildman–Crippen MR) is 144 cm³/mol. The molecule has 10 heteroatoms. The number of carbonyl (C=O) groups is 3. The maximum Gasteiger partial charge on any atom is 0.338 e. The van der Waals surface area contributed by atoms with Gasteiger partial charge >= 0.3 is 5.97 Å². The fourth-order valence-electron chi connectivity index (χ4n) is 3.71. The minimum atomic E-state index is -0.738. The molecule has 0 unspecified atom stereocenters. The Labute approximate surface area is 223 Å². The Hall–Kier alpha value is -4.18. The first-order valence-electron chi connectivity index (χ1n) is 11.9. The number of hydrogen-bond donors (Lipinski definition) is 1. The molecule has 4 rings (SSSR count). The molecule has 2 amide bonds. The Kier molecular flexibility index (Phi) is 8.75. The fourth-order valence-corrected chi connectivity index (χ4v) is 4.86. The zero-order valence-corrected chi connectivity index (χ0v) is 21.7. The number of amidine groups is 1. The van der Waals surface area contributed by atoms with E-state index in [1.54, 1.807) is 62.6 Å². The molecule has 1 aliphatic heterocycles. The van der Waals surface area contributed by atoms with Gasteiger partial charge in [0.1, 0.15) is 22.5 Å². The first-order chi connectivity index (χ1) is 18.4. The van der Waals surface area contributed by atoms with E-state index in [4.69, 9.17) is 9.47 Å². The number of carbonyl (C=O) groups excluding carboxylic acids is 3. The number of halogens is 1. The molecule has 3 aromatic rings. The molecule has 196 valence electrons. The third-order valence-electron chi connectivity index (χ3n) is 5.64. The zero-order chi connectivity index (χ0) is 27.1. The third-order valence-corrected chi connectivity index (χ3v) is 6.81. The quantitative estimate of drug-likeness (QED) is 0.380. The van der Waals surface area contributed by atoms with Gasteiger partial charge in [-0.25, -0.2) is 14.2 Å². The molecule has 8 nitrogen and oxygen atoms in total. The minimum absolute atomic E-state index is 0.106. The summed E-state index contributed by atoms with van der Waals surface area (Å²) in [6.45, 7) is 2.19. The van der Waals surface area contributed by atoms with Gasteiger partial charge in [-0.2, -0.15) is 0 Å². The molecule has 38 heavy (non-hydrogen) atoms. The van der Waals surface area contributed by atoms with Crippen LogP contribution in [0.3, 0.4) is 0 Å². The standard InChI is InChI=1S/C28H26FN3O5S/c1-3-37-27(35)19-10-12-20(13-11-19)30-25(33)16-24-26(34)32(17-18-8-14-21(36-2)15-9-18)28(38-24)31-23-7-5-4-6-22(23)29/h4-15,24H,3,16-17H2,1-2H3,(H,30,33)/t24-/m1/s1. The van der Waals surface area contributed by atoms with Crippen molar-refractivity contribution in [2.75, 3.05) is 19.0 Å². The highest BCUT2D eigenvalue weighted by atomic mass is 32.2. The van der Waals surface area contributed by atoms with Gasteiger partial charge in [-0.1, -0.05) is 36.0 Å². The number of nitrogens with one attached hydrogen (secondary N) is 1. The molecule has 0 saturated carbocycles. The van der Waals surface area contributed by atoms with Crippen LogP contribution in [0, 0.1) is 5.82 Å². The summed E-state index contributed by atoms with van der Waals surface area (Å²) in [5.74, 6) is -0.951. The van der Waals surface area contributed by atoms with Gasteiger partial charge in [0.25, 0.3) is 0 Å². The molecule has 0 radical (unpaired) electrons. The highest BCUT2D eigenvalue weighted by Crippen LogP contribution is 2.34. The van der Waals surface area contributed by atoms with Crippen molar-refractivity contribution < 1.29 is 28.2 Å². The number of esters is 1. The lowest BCUT2D eigenvalue weighted by Crippen LogP contribution is -2.33. The number of anilines is 1. The number of methoxy groups -OCH3 is 1. The first kappa shape index (κ1) is 26.9. The molecule has 1 fully saturated rings. The molecule has 1 N–H and O–H groups in total. The van der Waals surface area contributed by atoms with Crippen LogP contribution in [-0.4, -0.2) is 46.8 Å². The smallest absolute Gasteiger partial charge is 0.338 e. The van der Waals surface area contributed by atoms with Gasteiger partial charge in [-0.3, -0.25) is 14.5 Å². The second-order valence-corrected chi connectivity index (χ2v) is 9.44. The highest BCUT2D eigenvalue weighted by molar-refractivity contribution is 8.15. The molecule has 1 heterocycles. The van der Waals surface area contributed by atoms with Gasteiger partial charge in [0.2, 0.25) is 11.8 Å². The summed E-state index contributed by atoms with van der Waals surface area (Å²) in [5, 5.41) is 2.32. The van der Waals surface area contributed by atoms with Crippen LogP contribution in [0.5, 0.6) is 5.75 Å². The number of rotatable bonds is 9. The van der Waals surface area contributed by atoms with Gasteiger partial charge in [0.15, 0.2) is 5.17 Å². The number of para-hydroxylation sites is 1. The number of hydrogen-bond acceptors (Lipinski definition) is 7. The van der Waals surface area contributed by atoms with Crippen molar-refractivity contribution in [3.8, 4) is 5.75 Å². The molecule has 0 bridgehead atoms. The largest absolute Gasteiger partial charge is 0.497 e. The van der Waals surface area contributed by atoms with Crippen LogP contribution in [0.15, 0.2) is 77.8 Å². The lowest BCUT2D eigenvalue weighted by atomic mass is 10.2. The van der Waals surface area contributed by atoms with Crippen molar-refractivity contribution in [2.45, 2.75) is 25.1 Å². The van der Waals surface area contributed by atoms with Crippen LogP contribution in [0.2, 0.25) is 0 Å². The Morgan fingerprint density at radius 2 is 1.76 bits per heavy atom. The van der Waals surface area contributed by atoms with Crippen LogP contribution in [0.4, 0.5) is 15.8 Å². The van der Waals surface area contributed by atoms with E-state index in [9.17, 15) is 18.8 Å². The van der Waals surface area contributed by atoms with Gasteiger partial charge in [0.05, 0.1) is 25.8 Å². The van der Waals surface area contributed by atoms with Gasteiger partial charge in [0, 0.05) is 12.1 Å². The number of amides is 2. The molecular weight excluding hydrogens is 509 g/mol. The Balaban J connectivity index is 1.49. The molecule has 0 aromatic heterocycles. The Morgan fingerprint density at radius 3 is 2.42 bits per heavy atom. The molecule has 1 aliphatic rings. The zero-order valence-electron chi connectivity index (χ0n) is 20.8. The predicted octanol–water partition coefficient (Wildman–Crippen LogP) is 5.17. The van der Waals surface area contributed by atoms with Gasteiger partial charge in [-0.05, 0) is 61.0 Å². The van der Waals surface area contributed by atoms with Crippen molar-refractivity contribution in [3.05, 3.63) is 89.7 Å². The van der Waals surface area contributed by atoms with E-state index >= 15 is 0 Å². The second-order valence-electron chi connectivity index (χ2n) is 8.27. The third kappa shape index (κ3) is 6.57. The lowest BCUT2D eigenvalue weighted by molar-refractivity contribution is -0.128. The van der Waals surface area contributed by atoms with E-state index in [0.717, 1.165) is 17.3 Å². The molecule has 1 atom stereocenters. The summed E-state index contributed by atoms with van der Waals surface area (Å²) < 4.78 is 24.5. The van der Waals surface area contributed by atoms with Crippen LogP contribution < -0.4 is 10.1 Å². The Morgan fingerprint density at radius 1 is 1.05 bits per heavy atom. The molecule has 0 spiro atoms. The number of benzene rings is 3. The van der Waals surface area contributed by atoms with E-state index in [0.29, 0.717) is 22.2 Å². The molecule has 3 aromatic carbocycles. The average molecular weight is 536 g/mol. The number of ether oxygens (including phenoxy) is 2.